The van der Waals surface area contributed by atoms with Gasteiger partial charge in [-0.3, -0.25) is 4.72 Å². The maximum atomic E-state index is 12.5. The summed E-state index contributed by atoms with van der Waals surface area (Å²) in [6.45, 7) is 1.84. The lowest BCUT2D eigenvalue weighted by molar-refractivity contribution is 0.487. The fraction of sp³-hybridized carbons (Fsp3) is 0.0526. The van der Waals surface area contributed by atoms with Crippen molar-refractivity contribution in [3.8, 4) is 5.75 Å². The molecule has 0 aliphatic rings. The van der Waals surface area contributed by atoms with Crippen LogP contribution in [0.1, 0.15) is 5.56 Å². The largest absolute Gasteiger partial charge is 0.377 e. The molecule has 0 unspecified atom stereocenters. The van der Waals surface area contributed by atoms with Gasteiger partial charge in [0, 0.05) is 0 Å². The van der Waals surface area contributed by atoms with Gasteiger partial charge in [-0.05, 0) is 43.3 Å². The third-order valence-corrected chi connectivity index (χ3v) is 6.32. The Labute approximate surface area is 158 Å². The molecule has 0 amide bonds. The van der Waals surface area contributed by atoms with Crippen LogP contribution in [-0.4, -0.2) is 16.8 Å². The Morgan fingerprint density at radius 3 is 1.96 bits per heavy atom. The van der Waals surface area contributed by atoms with Gasteiger partial charge in [0.1, 0.15) is 4.90 Å². The summed E-state index contributed by atoms with van der Waals surface area (Å²) in [6, 6.07) is 19.9. The third kappa shape index (κ3) is 4.47. The van der Waals surface area contributed by atoms with Crippen LogP contribution in [0.3, 0.4) is 0 Å². The molecule has 3 rings (SSSR count). The Balaban J connectivity index is 1.92. The van der Waals surface area contributed by atoms with Gasteiger partial charge in [0.25, 0.3) is 10.0 Å². The van der Waals surface area contributed by atoms with E-state index in [4.69, 9.17) is 4.18 Å². The van der Waals surface area contributed by atoms with Crippen LogP contribution in [0.5, 0.6) is 5.75 Å². The Bertz CT molecular complexity index is 1140. The minimum absolute atomic E-state index is 0.0196. The highest BCUT2D eigenvalue weighted by Crippen LogP contribution is 2.29. The number of benzene rings is 3. The highest BCUT2D eigenvalue weighted by Gasteiger charge is 2.21. The lowest BCUT2D eigenvalue weighted by Crippen LogP contribution is -2.15. The minimum atomic E-state index is -4.11. The van der Waals surface area contributed by atoms with Gasteiger partial charge in [-0.1, -0.05) is 48.0 Å². The van der Waals surface area contributed by atoms with E-state index in [0.717, 1.165) is 5.56 Å². The molecule has 0 spiro atoms. The number of hydrogen-bond donors (Lipinski definition) is 1. The lowest BCUT2D eigenvalue weighted by atomic mass is 10.2. The zero-order chi connectivity index (χ0) is 19.5. The third-order valence-electron chi connectivity index (χ3n) is 3.69. The first-order valence-electron chi connectivity index (χ1n) is 7.96. The van der Waals surface area contributed by atoms with Crippen LogP contribution >= 0.6 is 0 Å². The van der Waals surface area contributed by atoms with Gasteiger partial charge in [0.05, 0.1) is 10.6 Å². The van der Waals surface area contributed by atoms with E-state index >= 15 is 0 Å². The molecule has 0 heterocycles. The average Bonchev–Trinajstić information content (AvgIpc) is 2.64. The maximum Gasteiger partial charge on any atom is 0.339 e. The average molecular weight is 403 g/mol. The van der Waals surface area contributed by atoms with Crippen molar-refractivity contribution < 1.29 is 21.0 Å². The van der Waals surface area contributed by atoms with Gasteiger partial charge in [-0.15, -0.1) is 0 Å². The normalized spacial score (nSPS) is 11.7. The summed E-state index contributed by atoms with van der Waals surface area (Å²) in [5.74, 6) is -0.113. The second-order valence-electron chi connectivity index (χ2n) is 5.77. The quantitative estimate of drug-likeness (QED) is 0.636. The summed E-state index contributed by atoms with van der Waals surface area (Å²) in [5.41, 5.74) is 0.932. The molecule has 0 aliphatic heterocycles. The van der Waals surface area contributed by atoms with Gasteiger partial charge in [-0.25, -0.2) is 8.42 Å². The number of nitrogens with one attached hydrogen (secondary N) is 1. The summed E-state index contributed by atoms with van der Waals surface area (Å²) in [6.07, 6.45) is 0. The molecule has 3 aromatic rings. The number of aryl methyl sites for hydroxylation is 1. The van der Waals surface area contributed by atoms with E-state index in [1.165, 1.54) is 36.4 Å². The molecule has 0 saturated carbocycles. The molecular weight excluding hydrogens is 386 g/mol. The molecule has 0 radical (unpaired) electrons. The second-order valence-corrected chi connectivity index (χ2v) is 8.99. The highest BCUT2D eigenvalue weighted by molar-refractivity contribution is 7.92. The van der Waals surface area contributed by atoms with Crippen LogP contribution in [0.25, 0.3) is 0 Å². The van der Waals surface area contributed by atoms with Gasteiger partial charge >= 0.3 is 10.1 Å². The summed E-state index contributed by atoms with van der Waals surface area (Å²) in [7, 11) is -7.99. The van der Waals surface area contributed by atoms with Crippen molar-refractivity contribution in [2.75, 3.05) is 4.72 Å². The van der Waals surface area contributed by atoms with E-state index in [2.05, 4.69) is 4.72 Å². The maximum absolute atomic E-state index is 12.5. The van der Waals surface area contributed by atoms with Gasteiger partial charge < -0.3 is 4.18 Å². The molecule has 3 aromatic carbocycles. The van der Waals surface area contributed by atoms with Crippen LogP contribution in [0, 0.1) is 6.92 Å². The number of hydrogen-bond acceptors (Lipinski definition) is 5. The topological polar surface area (TPSA) is 89.5 Å². The molecule has 1 N–H and O–H groups in total. The summed E-state index contributed by atoms with van der Waals surface area (Å²) < 4.78 is 57.6. The molecular formula is C19H17NO5S2. The molecule has 0 saturated heterocycles. The van der Waals surface area contributed by atoms with Gasteiger partial charge in [0.2, 0.25) is 0 Å². The summed E-state index contributed by atoms with van der Waals surface area (Å²) in [4.78, 5) is 0.0371. The Morgan fingerprint density at radius 1 is 0.704 bits per heavy atom. The molecule has 0 fully saturated rings. The van der Waals surface area contributed by atoms with E-state index in [0.29, 0.717) is 0 Å². The first kappa shape index (κ1) is 18.9. The lowest BCUT2D eigenvalue weighted by Gasteiger charge is -2.13. The molecule has 0 bridgehead atoms. The second kappa shape index (κ2) is 7.42. The van der Waals surface area contributed by atoms with Crippen molar-refractivity contribution in [3.05, 3.63) is 84.4 Å². The van der Waals surface area contributed by atoms with Crippen LogP contribution in [-0.2, 0) is 20.1 Å². The van der Waals surface area contributed by atoms with E-state index < -0.39 is 20.1 Å². The monoisotopic (exact) mass is 403 g/mol. The van der Waals surface area contributed by atoms with Gasteiger partial charge in [0.15, 0.2) is 5.75 Å². The summed E-state index contributed by atoms with van der Waals surface area (Å²) >= 11 is 0. The van der Waals surface area contributed by atoms with E-state index in [1.54, 1.807) is 42.5 Å². The minimum Gasteiger partial charge on any atom is -0.377 e. The van der Waals surface area contributed by atoms with Crippen LogP contribution in [0.4, 0.5) is 5.69 Å². The Hall–Kier alpha value is -2.84. The molecule has 0 aromatic heterocycles. The van der Waals surface area contributed by atoms with E-state index in [-0.39, 0.29) is 21.2 Å². The fourth-order valence-corrected chi connectivity index (χ4v) is 4.34. The molecule has 0 atom stereocenters. The number of para-hydroxylation sites is 2. The van der Waals surface area contributed by atoms with Crippen molar-refractivity contribution in [2.45, 2.75) is 16.7 Å². The first-order valence-corrected chi connectivity index (χ1v) is 10.9. The van der Waals surface area contributed by atoms with E-state index in [9.17, 15) is 16.8 Å². The van der Waals surface area contributed by atoms with Crippen LogP contribution < -0.4 is 8.91 Å². The fourth-order valence-electron chi connectivity index (χ4n) is 2.30. The van der Waals surface area contributed by atoms with Crippen molar-refractivity contribution >= 4 is 25.8 Å². The van der Waals surface area contributed by atoms with Crippen molar-refractivity contribution in [2.24, 2.45) is 0 Å². The van der Waals surface area contributed by atoms with Crippen molar-refractivity contribution in [3.63, 3.8) is 0 Å². The van der Waals surface area contributed by atoms with Crippen molar-refractivity contribution in [1.82, 2.24) is 0 Å². The van der Waals surface area contributed by atoms with Crippen molar-refractivity contribution in [1.29, 1.82) is 0 Å². The highest BCUT2D eigenvalue weighted by atomic mass is 32.2. The smallest absolute Gasteiger partial charge is 0.339 e. The molecule has 0 aliphatic carbocycles. The molecule has 8 heteroatoms. The predicted octanol–water partition coefficient (Wildman–Crippen LogP) is 3.56. The number of anilines is 1. The first-order chi connectivity index (χ1) is 12.8. The van der Waals surface area contributed by atoms with Crippen LogP contribution in [0.15, 0.2) is 88.7 Å². The predicted molar refractivity (Wildman–Crippen MR) is 103 cm³/mol. The Kier molecular flexibility index (Phi) is 5.20. The molecule has 6 nitrogen and oxygen atoms in total. The summed E-state index contributed by atoms with van der Waals surface area (Å²) in [5, 5.41) is 0. The molecule has 140 valence electrons. The number of sulfonamides is 1. The number of rotatable bonds is 6. The SMILES string of the molecule is Cc1ccc(S(=O)(=O)Oc2ccccc2NS(=O)(=O)c2ccccc2)cc1. The molecule has 27 heavy (non-hydrogen) atoms. The Morgan fingerprint density at radius 2 is 1.30 bits per heavy atom. The van der Waals surface area contributed by atoms with E-state index in [1.807, 2.05) is 6.92 Å². The van der Waals surface area contributed by atoms with Gasteiger partial charge in [-0.2, -0.15) is 8.42 Å². The van der Waals surface area contributed by atoms with Crippen LogP contribution in [0.2, 0.25) is 0 Å². The standard InChI is InChI=1S/C19H17NO5S2/c1-15-11-13-17(14-12-15)27(23,24)25-19-10-6-5-9-18(19)20-26(21,22)16-7-3-2-4-8-16/h2-14,20H,1H3. The zero-order valence-corrected chi connectivity index (χ0v) is 16.0. The zero-order valence-electron chi connectivity index (χ0n) is 14.4.